The summed E-state index contributed by atoms with van der Waals surface area (Å²) in [5.41, 5.74) is 0. The molecule has 1 aliphatic heterocycles. The van der Waals surface area contributed by atoms with Crippen LogP contribution in [0, 0.1) is 5.92 Å². The van der Waals surface area contributed by atoms with Gasteiger partial charge in [-0.05, 0) is 6.42 Å². The van der Waals surface area contributed by atoms with Crippen molar-refractivity contribution >= 4 is 11.9 Å². The molecular weight excluding hydrogens is 162 g/mol. The Balaban J connectivity index is 2.23. The van der Waals surface area contributed by atoms with Crippen molar-refractivity contribution in [3.63, 3.8) is 0 Å². The molecule has 0 aromatic carbocycles. The number of amides is 1. The van der Waals surface area contributed by atoms with Gasteiger partial charge in [-0.25, -0.2) is 0 Å². The van der Waals surface area contributed by atoms with Crippen molar-refractivity contribution < 1.29 is 19.4 Å². The smallest absolute Gasteiger partial charge is 0.322 e. The van der Waals surface area contributed by atoms with Gasteiger partial charge in [0.15, 0.2) is 0 Å². The summed E-state index contributed by atoms with van der Waals surface area (Å²) in [4.78, 5) is 21.2. The van der Waals surface area contributed by atoms with Gasteiger partial charge in [0.25, 0.3) is 0 Å². The summed E-state index contributed by atoms with van der Waals surface area (Å²) >= 11 is 0. The second-order valence-corrected chi connectivity index (χ2v) is 2.67. The first-order chi connectivity index (χ1) is 5.70. The highest BCUT2D eigenvalue weighted by Crippen LogP contribution is 2.11. The van der Waals surface area contributed by atoms with Gasteiger partial charge in [0, 0.05) is 6.61 Å². The maximum atomic E-state index is 11.1. The van der Waals surface area contributed by atoms with E-state index in [-0.39, 0.29) is 18.4 Å². The number of carbonyl (C=O) groups is 2. The number of carbonyl (C=O) groups excluding carboxylic acids is 1. The van der Waals surface area contributed by atoms with Gasteiger partial charge in [-0.1, -0.05) is 0 Å². The van der Waals surface area contributed by atoms with E-state index in [0.717, 1.165) is 0 Å². The summed E-state index contributed by atoms with van der Waals surface area (Å²) in [5, 5.41) is 10.6. The van der Waals surface area contributed by atoms with Gasteiger partial charge in [0.2, 0.25) is 5.91 Å². The van der Waals surface area contributed by atoms with Crippen LogP contribution in [0.25, 0.3) is 0 Å². The average molecular weight is 173 g/mol. The molecule has 68 valence electrons. The topological polar surface area (TPSA) is 75.6 Å². The first kappa shape index (κ1) is 8.99. The van der Waals surface area contributed by atoms with Crippen molar-refractivity contribution in [2.45, 2.75) is 6.42 Å². The lowest BCUT2D eigenvalue weighted by Gasteiger charge is -2.06. The van der Waals surface area contributed by atoms with Crippen molar-refractivity contribution in [1.29, 1.82) is 0 Å². The molecule has 0 aromatic heterocycles. The van der Waals surface area contributed by atoms with E-state index in [9.17, 15) is 9.59 Å². The van der Waals surface area contributed by atoms with Crippen LogP contribution in [0.3, 0.4) is 0 Å². The van der Waals surface area contributed by atoms with Gasteiger partial charge in [-0.15, -0.1) is 0 Å². The molecule has 0 aliphatic carbocycles. The third-order valence-corrected chi connectivity index (χ3v) is 1.71. The second-order valence-electron chi connectivity index (χ2n) is 2.67. The molecule has 12 heavy (non-hydrogen) atoms. The van der Waals surface area contributed by atoms with Crippen molar-refractivity contribution in [3.8, 4) is 0 Å². The van der Waals surface area contributed by atoms with Crippen LogP contribution in [0.5, 0.6) is 0 Å². The van der Waals surface area contributed by atoms with Crippen molar-refractivity contribution in [3.05, 3.63) is 0 Å². The van der Waals surface area contributed by atoms with E-state index >= 15 is 0 Å². The molecule has 0 radical (unpaired) electrons. The summed E-state index contributed by atoms with van der Waals surface area (Å²) in [6.07, 6.45) is 0.686. The Morgan fingerprint density at radius 2 is 2.33 bits per heavy atom. The van der Waals surface area contributed by atoms with Crippen molar-refractivity contribution in [2.75, 3.05) is 19.8 Å². The molecule has 0 aromatic rings. The SMILES string of the molecule is O=C(O)CNC(=O)C1CCOC1. The zero-order valence-electron chi connectivity index (χ0n) is 6.58. The maximum absolute atomic E-state index is 11.1. The lowest BCUT2D eigenvalue weighted by molar-refractivity contribution is -0.138. The van der Waals surface area contributed by atoms with E-state index < -0.39 is 5.97 Å². The molecule has 1 fully saturated rings. The predicted octanol–water partition coefficient (Wildman–Crippen LogP) is -0.776. The highest BCUT2D eigenvalue weighted by Gasteiger charge is 2.23. The summed E-state index contributed by atoms with van der Waals surface area (Å²) in [6, 6.07) is 0. The molecule has 5 heteroatoms. The van der Waals surface area contributed by atoms with E-state index in [1.54, 1.807) is 0 Å². The molecule has 2 N–H and O–H groups in total. The monoisotopic (exact) mass is 173 g/mol. The number of ether oxygens (including phenoxy) is 1. The predicted molar refractivity (Wildman–Crippen MR) is 39.6 cm³/mol. The molecule has 0 spiro atoms. The highest BCUT2D eigenvalue weighted by atomic mass is 16.5. The lowest BCUT2D eigenvalue weighted by atomic mass is 10.1. The van der Waals surface area contributed by atoms with E-state index in [0.29, 0.717) is 19.6 Å². The van der Waals surface area contributed by atoms with Gasteiger partial charge in [-0.2, -0.15) is 0 Å². The van der Waals surface area contributed by atoms with Crippen LogP contribution in [0.15, 0.2) is 0 Å². The van der Waals surface area contributed by atoms with Crippen LogP contribution in [0.1, 0.15) is 6.42 Å². The molecular formula is C7H11NO4. The zero-order chi connectivity index (χ0) is 8.97. The molecule has 1 heterocycles. The number of hydrogen-bond donors (Lipinski definition) is 2. The van der Waals surface area contributed by atoms with Crippen LogP contribution in [0.2, 0.25) is 0 Å². The van der Waals surface area contributed by atoms with Crippen LogP contribution in [0.4, 0.5) is 0 Å². The van der Waals surface area contributed by atoms with E-state index in [2.05, 4.69) is 5.32 Å². The Hall–Kier alpha value is -1.10. The van der Waals surface area contributed by atoms with Crippen LogP contribution in [-0.2, 0) is 14.3 Å². The molecule has 1 atom stereocenters. The minimum absolute atomic E-state index is 0.163. The van der Waals surface area contributed by atoms with Gasteiger partial charge in [-0.3, -0.25) is 9.59 Å². The minimum atomic E-state index is -1.03. The van der Waals surface area contributed by atoms with E-state index in [4.69, 9.17) is 9.84 Å². The molecule has 0 saturated carbocycles. The molecule has 0 bridgehead atoms. The molecule has 5 nitrogen and oxygen atoms in total. The number of aliphatic carboxylic acids is 1. The second kappa shape index (κ2) is 4.06. The summed E-state index contributed by atoms with van der Waals surface area (Å²) in [5.74, 6) is -1.42. The average Bonchev–Trinajstić information content (AvgIpc) is 2.51. The normalized spacial score (nSPS) is 22.2. The Kier molecular flexibility index (Phi) is 3.04. The summed E-state index contributed by atoms with van der Waals surface area (Å²) in [6.45, 7) is 0.686. The Bertz CT molecular complexity index is 186. The van der Waals surface area contributed by atoms with Gasteiger partial charge in [0.1, 0.15) is 6.54 Å². The molecule has 1 unspecified atom stereocenters. The van der Waals surface area contributed by atoms with Crippen LogP contribution < -0.4 is 5.32 Å². The summed E-state index contributed by atoms with van der Waals surface area (Å²) in [7, 11) is 0. The quantitative estimate of drug-likeness (QED) is 0.587. The first-order valence-corrected chi connectivity index (χ1v) is 3.77. The third kappa shape index (κ3) is 2.50. The summed E-state index contributed by atoms with van der Waals surface area (Å²) < 4.78 is 4.98. The Morgan fingerprint density at radius 3 is 2.83 bits per heavy atom. The van der Waals surface area contributed by atoms with Gasteiger partial charge >= 0.3 is 5.97 Å². The first-order valence-electron chi connectivity index (χ1n) is 3.77. The highest BCUT2D eigenvalue weighted by molar-refractivity contribution is 5.83. The van der Waals surface area contributed by atoms with Gasteiger partial charge in [0.05, 0.1) is 12.5 Å². The fraction of sp³-hybridized carbons (Fsp3) is 0.714. The number of carboxylic acids is 1. The maximum Gasteiger partial charge on any atom is 0.322 e. The number of hydrogen-bond acceptors (Lipinski definition) is 3. The van der Waals surface area contributed by atoms with Crippen LogP contribution in [-0.4, -0.2) is 36.7 Å². The Morgan fingerprint density at radius 1 is 1.58 bits per heavy atom. The number of rotatable bonds is 3. The molecule has 1 saturated heterocycles. The minimum Gasteiger partial charge on any atom is -0.480 e. The lowest BCUT2D eigenvalue weighted by Crippen LogP contribution is -2.34. The number of carboxylic acid groups (broad SMARTS) is 1. The van der Waals surface area contributed by atoms with Crippen LogP contribution >= 0.6 is 0 Å². The number of nitrogens with one attached hydrogen (secondary N) is 1. The fourth-order valence-corrected chi connectivity index (χ4v) is 1.05. The molecule has 1 amide bonds. The van der Waals surface area contributed by atoms with Crippen molar-refractivity contribution in [1.82, 2.24) is 5.32 Å². The van der Waals surface area contributed by atoms with E-state index in [1.165, 1.54) is 0 Å². The third-order valence-electron chi connectivity index (χ3n) is 1.71. The largest absolute Gasteiger partial charge is 0.480 e. The van der Waals surface area contributed by atoms with Gasteiger partial charge < -0.3 is 15.2 Å². The Labute approximate surface area is 69.7 Å². The standard InChI is InChI=1S/C7H11NO4/c9-6(10)3-8-7(11)5-1-2-12-4-5/h5H,1-4H2,(H,8,11)(H,9,10). The molecule has 1 rings (SSSR count). The molecule has 1 aliphatic rings. The fourth-order valence-electron chi connectivity index (χ4n) is 1.05. The van der Waals surface area contributed by atoms with Crippen molar-refractivity contribution in [2.24, 2.45) is 5.92 Å². The van der Waals surface area contributed by atoms with E-state index in [1.807, 2.05) is 0 Å². The zero-order valence-corrected chi connectivity index (χ0v) is 6.58.